The van der Waals surface area contributed by atoms with Gasteiger partial charge < -0.3 is 10.6 Å². The second-order valence-electron chi connectivity index (χ2n) is 4.83. The Balaban J connectivity index is 2.03. The number of hydrogen-bond donors (Lipinski definition) is 2. The molecule has 1 aliphatic heterocycles. The van der Waals surface area contributed by atoms with Gasteiger partial charge in [-0.3, -0.25) is 9.59 Å². The number of benzene rings is 1. The maximum absolute atomic E-state index is 12.1. The quantitative estimate of drug-likeness (QED) is 0.826. The van der Waals surface area contributed by atoms with E-state index in [1.807, 2.05) is 32.0 Å². The molecule has 2 N–H and O–H groups in total. The van der Waals surface area contributed by atoms with Crippen molar-refractivity contribution in [2.75, 3.05) is 6.54 Å². The number of carbonyl (C=O) groups is 2. The highest BCUT2D eigenvalue weighted by Crippen LogP contribution is 2.12. The summed E-state index contributed by atoms with van der Waals surface area (Å²) in [7, 11) is 0. The zero-order valence-electron chi connectivity index (χ0n) is 10.7. The van der Waals surface area contributed by atoms with E-state index in [1.165, 1.54) is 0 Å². The number of aryl methyl sites for hydroxylation is 2. The molecule has 1 unspecified atom stereocenters. The van der Waals surface area contributed by atoms with E-state index >= 15 is 0 Å². The summed E-state index contributed by atoms with van der Waals surface area (Å²) in [5, 5.41) is 5.73. The Labute approximate surface area is 107 Å². The van der Waals surface area contributed by atoms with Gasteiger partial charge in [0.05, 0.1) is 0 Å². The minimum absolute atomic E-state index is 0.0371. The van der Waals surface area contributed by atoms with Gasteiger partial charge in [0, 0.05) is 24.6 Å². The van der Waals surface area contributed by atoms with Crippen LogP contribution in [-0.2, 0) is 4.79 Å². The van der Waals surface area contributed by atoms with Gasteiger partial charge in [-0.15, -0.1) is 0 Å². The summed E-state index contributed by atoms with van der Waals surface area (Å²) in [6.45, 7) is 4.42. The van der Waals surface area contributed by atoms with Crippen molar-refractivity contribution in [1.29, 1.82) is 0 Å². The van der Waals surface area contributed by atoms with Gasteiger partial charge in [0.25, 0.3) is 5.91 Å². The molecule has 2 rings (SSSR count). The fourth-order valence-electron chi connectivity index (χ4n) is 2.10. The molecular weight excluding hydrogens is 228 g/mol. The monoisotopic (exact) mass is 246 g/mol. The molecule has 1 fully saturated rings. The normalized spacial score (nSPS) is 19.2. The molecule has 0 aliphatic carbocycles. The fourth-order valence-corrected chi connectivity index (χ4v) is 2.10. The first-order valence-electron chi connectivity index (χ1n) is 6.21. The highest BCUT2D eigenvalue weighted by molar-refractivity contribution is 5.96. The van der Waals surface area contributed by atoms with E-state index in [0.29, 0.717) is 24.9 Å². The van der Waals surface area contributed by atoms with Gasteiger partial charge in [0.2, 0.25) is 5.91 Å². The Morgan fingerprint density at radius 3 is 2.83 bits per heavy atom. The third-order valence-electron chi connectivity index (χ3n) is 3.24. The summed E-state index contributed by atoms with van der Waals surface area (Å²) in [6.07, 6.45) is 1.19. The number of rotatable bonds is 2. The lowest BCUT2D eigenvalue weighted by Crippen LogP contribution is -2.47. The molecule has 0 bridgehead atoms. The van der Waals surface area contributed by atoms with Gasteiger partial charge in [0.15, 0.2) is 0 Å². The Hall–Kier alpha value is -1.84. The van der Waals surface area contributed by atoms with Crippen molar-refractivity contribution in [1.82, 2.24) is 10.6 Å². The average Bonchev–Trinajstić information content (AvgIpc) is 2.35. The lowest BCUT2D eigenvalue weighted by atomic mass is 10.0. The SMILES string of the molecule is Cc1ccc(C)c(C(=O)NC2CCC(=O)NC2)c1. The van der Waals surface area contributed by atoms with Gasteiger partial charge in [0.1, 0.15) is 0 Å². The highest BCUT2D eigenvalue weighted by Gasteiger charge is 2.20. The van der Waals surface area contributed by atoms with Crippen LogP contribution in [0.3, 0.4) is 0 Å². The average molecular weight is 246 g/mol. The third-order valence-corrected chi connectivity index (χ3v) is 3.24. The number of amides is 2. The highest BCUT2D eigenvalue weighted by atomic mass is 16.2. The molecule has 0 saturated carbocycles. The number of hydrogen-bond acceptors (Lipinski definition) is 2. The molecular formula is C14H18N2O2. The van der Waals surface area contributed by atoms with Gasteiger partial charge in [-0.05, 0) is 31.9 Å². The summed E-state index contributed by atoms with van der Waals surface area (Å²) in [5.41, 5.74) is 2.76. The fraction of sp³-hybridized carbons (Fsp3) is 0.429. The Morgan fingerprint density at radius 2 is 2.17 bits per heavy atom. The van der Waals surface area contributed by atoms with Crippen molar-refractivity contribution in [2.24, 2.45) is 0 Å². The Kier molecular flexibility index (Phi) is 3.65. The summed E-state index contributed by atoms with van der Waals surface area (Å²) in [6, 6.07) is 5.88. The van der Waals surface area contributed by atoms with Crippen LogP contribution in [0.2, 0.25) is 0 Å². The van der Waals surface area contributed by atoms with Crippen LogP contribution in [0, 0.1) is 13.8 Å². The van der Waals surface area contributed by atoms with Crippen LogP contribution in [0.5, 0.6) is 0 Å². The van der Waals surface area contributed by atoms with Crippen molar-refractivity contribution in [3.63, 3.8) is 0 Å². The van der Waals surface area contributed by atoms with Crippen LogP contribution in [0.15, 0.2) is 18.2 Å². The zero-order chi connectivity index (χ0) is 13.1. The molecule has 18 heavy (non-hydrogen) atoms. The van der Waals surface area contributed by atoms with Crippen LogP contribution in [0.25, 0.3) is 0 Å². The molecule has 0 radical (unpaired) electrons. The third kappa shape index (κ3) is 2.88. The van der Waals surface area contributed by atoms with E-state index in [0.717, 1.165) is 11.1 Å². The van der Waals surface area contributed by atoms with Crippen LogP contribution in [0.1, 0.15) is 34.3 Å². The summed E-state index contributed by atoms with van der Waals surface area (Å²) >= 11 is 0. The van der Waals surface area contributed by atoms with E-state index < -0.39 is 0 Å². The maximum atomic E-state index is 12.1. The summed E-state index contributed by atoms with van der Waals surface area (Å²) in [4.78, 5) is 23.2. The number of carbonyl (C=O) groups excluding carboxylic acids is 2. The lowest BCUT2D eigenvalue weighted by molar-refractivity contribution is -0.122. The predicted octanol–water partition coefficient (Wildman–Crippen LogP) is 1.31. The van der Waals surface area contributed by atoms with E-state index in [-0.39, 0.29) is 17.9 Å². The van der Waals surface area contributed by atoms with Crippen LogP contribution >= 0.6 is 0 Å². The molecule has 4 nitrogen and oxygen atoms in total. The molecule has 96 valence electrons. The molecule has 0 aromatic heterocycles. The Morgan fingerprint density at radius 1 is 1.39 bits per heavy atom. The molecule has 1 atom stereocenters. The van der Waals surface area contributed by atoms with Gasteiger partial charge in [-0.2, -0.15) is 0 Å². The second-order valence-corrected chi connectivity index (χ2v) is 4.83. The molecule has 0 spiro atoms. The molecule has 1 aromatic carbocycles. The van der Waals surface area contributed by atoms with Crippen molar-refractivity contribution < 1.29 is 9.59 Å². The van der Waals surface area contributed by atoms with Crippen molar-refractivity contribution in [3.8, 4) is 0 Å². The second kappa shape index (κ2) is 5.21. The van der Waals surface area contributed by atoms with E-state index in [2.05, 4.69) is 10.6 Å². The topological polar surface area (TPSA) is 58.2 Å². The van der Waals surface area contributed by atoms with Crippen molar-refractivity contribution in [3.05, 3.63) is 34.9 Å². The minimum Gasteiger partial charge on any atom is -0.354 e. The molecule has 4 heteroatoms. The van der Waals surface area contributed by atoms with E-state index in [1.54, 1.807) is 0 Å². The maximum Gasteiger partial charge on any atom is 0.251 e. The van der Waals surface area contributed by atoms with E-state index in [9.17, 15) is 9.59 Å². The summed E-state index contributed by atoms with van der Waals surface area (Å²) in [5.74, 6) is 0.00424. The van der Waals surface area contributed by atoms with Crippen molar-refractivity contribution >= 4 is 11.8 Å². The molecule has 1 aromatic rings. The number of piperidine rings is 1. The largest absolute Gasteiger partial charge is 0.354 e. The molecule has 2 amide bonds. The first kappa shape index (κ1) is 12.6. The lowest BCUT2D eigenvalue weighted by Gasteiger charge is -2.23. The van der Waals surface area contributed by atoms with Gasteiger partial charge >= 0.3 is 0 Å². The Bertz CT molecular complexity index is 473. The van der Waals surface area contributed by atoms with E-state index in [4.69, 9.17) is 0 Å². The molecule has 1 saturated heterocycles. The minimum atomic E-state index is -0.0580. The van der Waals surface area contributed by atoms with Gasteiger partial charge in [-0.1, -0.05) is 17.7 Å². The van der Waals surface area contributed by atoms with Crippen LogP contribution in [0.4, 0.5) is 0 Å². The van der Waals surface area contributed by atoms with Crippen molar-refractivity contribution in [2.45, 2.75) is 32.7 Å². The first-order valence-corrected chi connectivity index (χ1v) is 6.21. The van der Waals surface area contributed by atoms with Crippen LogP contribution < -0.4 is 10.6 Å². The molecule has 1 aliphatic rings. The van der Waals surface area contributed by atoms with Gasteiger partial charge in [-0.25, -0.2) is 0 Å². The summed E-state index contributed by atoms with van der Waals surface area (Å²) < 4.78 is 0. The zero-order valence-corrected chi connectivity index (χ0v) is 10.7. The van der Waals surface area contributed by atoms with Crippen LogP contribution in [-0.4, -0.2) is 24.4 Å². The first-order chi connectivity index (χ1) is 8.56. The predicted molar refractivity (Wildman–Crippen MR) is 69.4 cm³/mol. The molecule has 1 heterocycles. The number of nitrogens with one attached hydrogen (secondary N) is 2. The smallest absolute Gasteiger partial charge is 0.251 e. The standard InChI is InChI=1S/C14H18N2O2/c1-9-3-4-10(2)12(7-9)14(18)16-11-5-6-13(17)15-8-11/h3-4,7,11H,5-6,8H2,1-2H3,(H,15,17)(H,16,18).